The number of hydrogen-bond donors (Lipinski definition) is 3. The maximum Gasteiger partial charge on any atom is 0.251 e. The van der Waals surface area contributed by atoms with Crippen LogP contribution in [0.2, 0.25) is 0 Å². The van der Waals surface area contributed by atoms with Crippen LogP contribution in [0, 0.1) is 11.8 Å². The fourth-order valence-corrected chi connectivity index (χ4v) is 2.91. The van der Waals surface area contributed by atoms with Gasteiger partial charge in [0.1, 0.15) is 0 Å². The van der Waals surface area contributed by atoms with Gasteiger partial charge in [-0.25, -0.2) is 0 Å². The first kappa shape index (κ1) is 18.1. The van der Waals surface area contributed by atoms with E-state index in [-0.39, 0.29) is 17.7 Å². The van der Waals surface area contributed by atoms with Crippen molar-refractivity contribution >= 4 is 17.5 Å². The number of hydrogen-bond acceptors (Lipinski definition) is 3. The topological polar surface area (TPSA) is 70.2 Å². The minimum Gasteiger partial charge on any atom is -0.352 e. The Bertz CT molecular complexity index is 740. The van der Waals surface area contributed by atoms with Gasteiger partial charge in [-0.1, -0.05) is 37.3 Å². The highest BCUT2D eigenvalue weighted by molar-refractivity contribution is 5.96. The Hall–Kier alpha value is -2.66. The van der Waals surface area contributed by atoms with Gasteiger partial charge in [-0.15, -0.1) is 0 Å². The summed E-state index contributed by atoms with van der Waals surface area (Å²) in [7, 11) is 0. The van der Waals surface area contributed by atoms with Crippen molar-refractivity contribution in [1.82, 2.24) is 10.6 Å². The second-order valence-electron chi connectivity index (χ2n) is 6.77. The van der Waals surface area contributed by atoms with Crippen LogP contribution >= 0.6 is 0 Å². The van der Waals surface area contributed by atoms with Crippen molar-refractivity contribution in [1.29, 1.82) is 0 Å². The van der Waals surface area contributed by atoms with Crippen molar-refractivity contribution in [3.63, 3.8) is 0 Å². The maximum atomic E-state index is 12.2. The highest BCUT2D eigenvalue weighted by Crippen LogP contribution is 2.18. The molecule has 0 spiro atoms. The third kappa shape index (κ3) is 4.70. The van der Waals surface area contributed by atoms with E-state index in [1.54, 1.807) is 24.3 Å². The molecule has 3 rings (SSSR count). The van der Waals surface area contributed by atoms with E-state index in [0.717, 1.165) is 25.2 Å². The van der Waals surface area contributed by atoms with Crippen LogP contribution in [0.3, 0.4) is 0 Å². The molecular formula is C21H25N3O2. The number of anilines is 1. The van der Waals surface area contributed by atoms with E-state index in [1.807, 2.05) is 37.3 Å². The molecular weight excluding hydrogens is 326 g/mol. The smallest absolute Gasteiger partial charge is 0.251 e. The van der Waals surface area contributed by atoms with Gasteiger partial charge in [0, 0.05) is 23.7 Å². The molecule has 1 aliphatic rings. The zero-order valence-corrected chi connectivity index (χ0v) is 15.0. The molecule has 136 valence electrons. The molecule has 0 bridgehead atoms. The monoisotopic (exact) mass is 351 g/mol. The molecule has 2 aromatic rings. The molecule has 2 aromatic carbocycles. The van der Waals surface area contributed by atoms with Crippen molar-refractivity contribution < 1.29 is 9.59 Å². The third-order valence-electron chi connectivity index (χ3n) is 4.89. The van der Waals surface area contributed by atoms with Gasteiger partial charge in [-0.05, 0) is 55.3 Å². The number of benzene rings is 2. The van der Waals surface area contributed by atoms with Crippen LogP contribution in [-0.2, 0) is 11.2 Å². The molecule has 26 heavy (non-hydrogen) atoms. The van der Waals surface area contributed by atoms with Gasteiger partial charge >= 0.3 is 0 Å². The largest absolute Gasteiger partial charge is 0.352 e. The molecule has 0 aromatic heterocycles. The SMILES string of the molecule is CC(C(=O)Nc1ccc(C(=O)NCCc2ccccc2)cc1)C1CNC1. The second-order valence-corrected chi connectivity index (χ2v) is 6.77. The lowest BCUT2D eigenvalue weighted by atomic mass is 9.88. The van der Waals surface area contributed by atoms with Crippen LogP contribution in [0.15, 0.2) is 54.6 Å². The van der Waals surface area contributed by atoms with E-state index in [9.17, 15) is 9.59 Å². The van der Waals surface area contributed by atoms with Crippen LogP contribution in [0.5, 0.6) is 0 Å². The van der Waals surface area contributed by atoms with Crippen LogP contribution in [-0.4, -0.2) is 31.4 Å². The lowest BCUT2D eigenvalue weighted by Crippen LogP contribution is -2.48. The molecule has 1 saturated heterocycles. The summed E-state index contributed by atoms with van der Waals surface area (Å²) < 4.78 is 0. The lowest BCUT2D eigenvalue weighted by Gasteiger charge is -2.31. The Balaban J connectivity index is 1.47. The first-order valence-corrected chi connectivity index (χ1v) is 9.07. The highest BCUT2D eigenvalue weighted by atomic mass is 16.2. The minimum absolute atomic E-state index is 0.0165. The molecule has 0 saturated carbocycles. The fourth-order valence-electron chi connectivity index (χ4n) is 2.91. The van der Waals surface area contributed by atoms with E-state index < -0.39 is 0 Å². The maximum absolute atomic E-state index is 12.2. The molecule has 5 nitrogen and oxygen atoms in total. The fraction of sp³-hybridized carbons (Fsp3) is 0.333. The summed E-state index contributed by atoms with van der Waals surface area (Å²) in [6.07, 6.45) is 0.800. The molecule has 2 amide bonds. The first-order valence-electron chi connectivity index (χ1n) is 9.07. The summed E-state index contributed by atoms with van der Waals surface area (Å²) in [5, 5.41) is 9.03. The van der Waals surface area contributed by atoms with Crippen LogP contribution in [0.1, 0.15) is 22.8 Å². The summed E-state index contributed by atoms with van der Waals surface area (Å²) >= 11 is 0. The molecule has 0 aliphatic carbocycles. The highest BCUT2D eigenvalue weighted by Gasteiger charge is 2.28. The summed E-state index contributed by atoms with van der Waals surface area (Å²) in [5.74, 6) is 0.311. The number of amides is 2. The predicted molar refractivity (Wildman–Crippen MR) is 103 cm³/mol. The number of carbonyl (C=O) groups excluding carboxylic acids is 2. The van der Waals surface area contributed by atoms with Crippen molar-refractivity contribution in [3.05, 3.63) is 65.7 Å². The van der Waals surface area contributed by atoms with Crippen molar-refractivity contribution in [2.45, 2.75) is 13.3 Å². The van der Waals surface area contributed by atoms with Crippen molar-refractivity contribution in [2.24, 2.45) is 11.8 Å². The van der Waals surface area contributed by atoms with E-state index >= 15 is 0 Å². The average molecular weight is 351 g/mol. The van der Waals surface area contributed by atoms with Crippen LogP contribution in [0.4, 0.5) is 5.69 Å². The van der Waals surface area contributed by atoms with Gasteiger partial charge in [0.15, 0.2) is 0 Å². The van der Waals surface area contributed by atoms with E-state index in [0.29, 0.717) is 18.0 Å². The molecule has 1 fully saturated rings. The lowest BCUT2D eigenvalue weighted by molar-refractivity contribution is -0.121. The molecule has 1 atom stereocenters. The first-order chi connectivity index (χ1) is 12.6. The Morgan fingerprint density at radius 1 is 1.08 bits per heavy atom. The predicted octanol–water partition coefficient (Wildman–Crippen LogP) is 2.45. The Morgan fingerprint density at radius 3 is 2.38 bits per heavy atom. The number of nitrogens with one attached hydrogen (secondary N) is 3. The summed E-state index contributed by atoms with van der Waals surface area (Å²) in [5.41, 5.74) is 2.50. The molecule has 1 aliphatic heterocycles. The van der Waals surface area contributed by atoms with Crippen LogP contribution in [0.25, 0.3) is 0 Å². The zero-order valence-electron chi connectivity index (χ0n) is 15.0. The van der Waals surface area contributed by atoms with Gasteiger partial charge in [0.2, 0.25) is 5.91 Å². The number of carbonyl (C=O) groups is 2. The Morgan fingerprint density at radius 2 is 1.77 bits per heavy atom. The molecule has 3 N–H and O–H groups in total. The molecule has 1 heterocycles. The van der Waals surface area contributed by atoms with Gasteiger partial charge in [0.25, 0.3) is 5.91 Å². The van der Waals surface area contributed by atoms with Crippen molar-refractivity contribution in [3.8, 4) is 0 Å². The average Bonchev–Trinajstić information content (AvgIpc) is 2.61. The van der Waals surface area contributed by atoms with Gasteiger partial charge in [-0.2, -0.15) is 0 Å². The normalized spacial score (nSPS) is 15.0. The van der Waals surface area contributed by atoms with Gasteiger partial charge < -0.3 is 16.0 Å². The van der Waals surface area contributed by atoms with Gasteiger partial charge in [0.05, 0.1) is 0 Å². The van der Waals surface area contributed by atoms with E-state index in [1.165, 1.54) is 5.56 Å². The molecule has 1 unspecified atom stereocenters. The zero-order chi connectivity index (χ0) is 18.4. The van der Waals surface area contributed by atoms with E-state index in [4.69, 9.17) is 0 Å². The summed E-state index contributed by atoms with van der Waals surface area (Å²) in [4.78, 5) is 24.4. The quantitative estimate of drug-likeness (QED) is 0.718. The summed E-state index contributed by atoms with van der Waals surface area (Å²) in [6.45, 7) is 4.34. The number of rotatable bonds is 7. The van der Waals surface area contributed by atoms with Gasteiger partial charge in [-0.3, -0.25) is 9.59 Å². The second kappa shape index (κ2) is 8.63. The summed E-state index contributed by atoms with van der Waals surface area (Å²) in [6, 6.07) is 17.1. The third-order valence-corrected chi connectivity index (χ3v) is 4.89. The standard InChI is InChI=1S/C21H25N3O2/c1-15(18-13-22-14-18)20(25)24-19-9-7-17(8-10-19)21(26)23-12-11-16-5-3-2-4-6-16/h2-10,15,18,22H,11-14H2,1H3,(H,23,26)(H,24,25). The molecule has 5 heteroatoms. The Labute approximate surface area is 154 Å². The molecule has 0 radical (unpaired) electrons. The Kier molecular flexibility index (Phi) is 6.02. The van der Waals surface area contributed by atoms with Crippen LogP contribution < -0.4 is 16.0 Å². The van der Waals surface area contributed by atoms with Crippen molar-refractivity contribution in [2.75, 3.05) is 25.0 Å². The van der Waals surface area contributed by atoms with E-state index in [2.05, 4.69) is 16.0 Å². The minimum atomic E-state index is -0.104.